The molecule has 0 bridgehead atoms. The van der Waals surface area contributed by atoms with Gasteiger partial charge >= 0.3 is 0 Å². The van der Waals surface area contributed by atoms with E-state index in [0.717, 1.165) is 63.5 Å². The third-order valence-corrected chi connectivity index (χ3v) is 6.78. The van der Waals surface area contributed by atoms with Crippen molar-refractivity contribution in [1.82, 2.24) is 19.7 Å². The molecule has 4 aromatic rings. The Morgan fingerprint density at radius 2 is 2.10 bits per heavy atom. The number of fused-ring (bicyclic) bond motifs is 1. The Balaban J connectivity index is 1.38. The van der Waals surface area contributed by atoms with Crippen LogP contribution < -0.4 is 4.74 Å². The molecule has 6 nitrogen and oxygen atoms in total. The van der Waals surface area contributed by atoms with Crippen LogP contribution in [-0.4, -0.2) is 31.0 Å². The zero-order chi connectivity index (χ0) is 20.5. The van der Waals surface area contributed by atoms with Crippen LogP contribution in [0.3, 0.4) is 0 Å². The second-order valence-electron chi connectivity index (χ2n) is 7.93. The average Bonchev–Trinajstić information content (AvgIpc) is 3.35. The summed E-state index contributed by atoms with van der Waals surface area (Å²) in [4.78, 5) is 9.03. The zero-order valence-electron chi connectivity index (χ0n) is 16.9. The molecule has 1 saturated carbocycles. The number of aromatic nitrogens is 4. The van der Waals surface area contributed by atoms with Gasteiger partial charge in [0.2, 0.25) is 0 Å². The predicted octanol–water partition coefficient (Wildman–Crippen LogP) is 4.98. The monoisotopic (exact) mass is 420 g/mol. The molecule has 2 atom stereocenters. The number of thiazole rings is 1. The molecule has 5 rings (SSSR count). The quantitative estimate of drug-likeness (QED) is 0.493. The summed E-state index contributed by atoms with van der Waals surface area (Å²) in [5.41, 5.74) is 2.85. The van der Waals surface area contributed by atoms with Crippen LogP contribution in [0, 0.1) is 5.92 Å². The Bertz CT molecular complexity index is 1170. The summed E-state index contributed by atoms with van der Waals surface area (Å²) in [7, 11) is 1.89. The van der Waals surface area contributed by atoms with Crippen LogP contribution in [0.4, 0.5) is 0 Å². The number of nitrogens with zero attached hydrogens (tertiary/aromatic N) is 4. The van der Waals surface area contributed by atoms with Crippen LogP contribution >= 0.6 is 11.3 Å². The molecular weight excluding hydrogens is 396 g/mol. The first-order valence-corrected chi connectivity index (χ1v) is 11.2. The summed E-state index contributed by atoms with van der Waals surface area (Å²) in [6.07, 6.45) is 12.3. The number of benzene rings is 1. The van der Waals surface area contributed by atoms with Gasteiger partial charge in [-0.3, -0.25) is 9.67 Å². The highest BCUT2D eigenvalue weighted by molar-refractivity contribution is 7.18. The van der Waals surface area contributed by atoms with Crippen LogP contribution in [-0.2, 0) is 13.5 Å². The minimum Gasteiger partial charge on any atom is -0.457 e. The van der Waals surface area contributed by atoms with Crippen LogP contribution in [0.25, 0.3) is 21.3 Å². The lowest BCUT2D eigenvalue weighted by Gasteiger charge is -2.26. The highest BCUT2D eigenvalue weighted by atomic mass is 32.1. The summed E-state index contributed by atoms with van der Waals surface area (Å²) in [5.74, 6) is 1.84. The minimum absolute atomic E-state index is 0.192. The lowest BCUT2D eigenvalue weighted by molar-refractivity contribution is 0.0700. The fraction of sp³-hybridized carbons (Fsp3) is 0.348. The van der Waals surface area contributed by atoms with Crippen molar-refractivity contribution in [3.05, 3.63) is 54.1 Å². The summed E-state index contributed by atoms with van der Waals surface area (Å²) in [6.45, 7) is 0. The molecule has 0 aliphatic heterocycles. The molecule has 3 aromatic heterocycles. The highest BCUT2D eigenvalue weighted by Gasteiger charge is 2.24. The summed E-state index contributed by atoms with van der Waals surface area (Å²) in [5, 5.41) is 15.6. The standard InChI is InChI=1S/C23H24N4O2S/c1-27-14-16(12-25-27)18-13-24-9-8-21(18)29-17-6-7-19-22(11-17)30-23(26-19)10-15-4-2-3-5-20(15)28/h6-9,11-15,20,28H,2-5,10H2,1H3/t15-,20+/m0/s1. The largest absolute Gasteiger partial charge is 0.457 e. The molecule has 0 amide bonds. The maximum atomic E-state index is 10.3. The Kier molecular flexibility index (Phi) is 5.23. The van der Waals surface area contributed by atoms with Gasteiger partial charge < -0.3 is 9.84 Å². The lowest BCUT2D eigenvalue weighted by Crippen LogP contribution is -2.26. The van der Waals surface area contributed by atoms with E-state index in [0.29, 0.717) is 5.92 Å². The Labute approximate surface area is 179 Å². The van der Waals surface area contributed by atoms with E-state index < -0.39 is 0 Å². The number of hydrogen-bond acceptors (Lipinski definition) is 6. The average molecular weight is 421 g/mol. The van der Waals surface area contributed by atoms with Gasteiger partial charge in [0.05, 0.1) is 27.5 Å². The van der Waals surface area contributed by atoms with Crippen molar-refractivity contribution in [2.75, 3.05) is 0 Å². The van der Waals surface area contributed by atoms with Gasteiger partial charge in [-0.1, -0.05) is 12.8 Å². The summed E-state index contributed by atoms with van der Waals surface area (Å²) >= 11 is 1.69. The van der Waals surface area contributed by atoms with E-state index in [1.54, 1.807) is 28.4 Å². The van der Waals surface area contributed by atoms with Gasteiger partial charge in [0.25, 0.3) is 0 Å². The molecule has 1 aliphatic carbocycles. The Hall–Kier alpha value is -2.77. The van der Waals surface area contributed by atoms with Crippen molar-refractivity contribution in [2.45, 2.75) is 38.2 Å². The third-order valence-electron chi connectivity index (χ3n) is 5.73. The van der Waals surface area contributed by atoms with Gasteiger partial charge in [-0.15, -0.1) is 11.3 Å². The van der Waals surface area contributed by atoms with Crippen molar-refractivity contribution in [3.63, 3.8) is 0 Å². The smallest absolute Gasteiger partial charge is 0.138 e. The van der Waals surface area contributed by atoms with E-state index in [2.05, 4.69) is 10.1 Å². The number of aliphatic hydroxyl groups is 1. The van der Waals surface area contributed by atoms with Crippen LogP contribution in [0.5, 0.6) is 11.5 Å². The minimum atomic E-state index is -0.192. The van der Waals surface area contributed by atoms with Crippen molar-refractivity contribution in [1.29, 1.82) is 0 Å². The van der Waals surface area contributed by atoms with E-state index in [1.807, 2.05) is 43.7 Å². The van der Waals surface area contributed by atoms with Crippen LogP contribution in [0.2, 0.25) is 0 Å². The van der Waals surface area contributed by atoms with E-state index in [4.69, 9.17) is 9.72 Å². The molecule has 7 heteroatoms. The van der Waals surface area contributed by atoms with Gasteiger partial charge in [0, 0.05) is 49.3 Å². The van der Waals surface area contributed by atoms with Gasteiger partial charge in [-0.05, 0) is 37.0 Å². The number of hydrogen-bond donors (Lipinski definition) is 1. The second-order valence-corrected chi connectivity index (χ2v) is 9.04. The fourth-order valence-electron chi connectivity index (χ4n) is 4.13. The first-order chi connectivity index (χ1) is 14.7. The molecule has 30 heavy (non-hydrogen) atoms. The predicted molar refractivity (Wildman–Crippen MR) is 118 cm³/mol. The summed E-state index contributed by atoms with van der Waals surface area (Å²) < 4.78 is 9.09. The van der Waals surface area contributed by atoms with E-state index in [1.165, 1.54) is 6.42 Å². The van der Waals surface area contributed by atoms with Crippen LogP contribution in [0.15, 0.2) is 49.1 Å². The van der Waals surface area contributed by atoms with Gasteiger partial charge in [-0.25, -0.2) is 4.98 Å². The molecule has 154 valence electrons. The number of aryl methyl sites for hydroxylation is 1. The number of rotatable bonds is 5. The normalized spacial score (nSPS) is 19.3. The first kappa shape index (κ1) is 19.2. The highest BCUT2D eigenvalue weighted by Crippen LogP contribution is 2.35. The Morgan fingerprint density at radius 3 is 2.93 bits per heavy atom. The molecule has 1 aromatic carbocycles. The molecule has 0 radical (unpaired) electrons. The molecule has 1 N–H and O–H groups in total. The van der Waals surface area contributed by atoms with Crippen molar-refractivity contribution in [3.8, 4) is 22.6 Å². The van der Waals surface area contributed by atoms with Crippen LogP contribution in [0.1, 0.15) is 30.7 Å². The topological polar surface area (TPSA) is 73.1 Å². The molecule has 1 aliphatic rings. The third kappa shape index (κ3) is 3.95. The van der Waals surface area contributed by atoms with E-state index in [-0.39, 0.29) is 6.10 Å². The Morgan fingerprint density at radius 1 is 1.20 bits per heavy atom. The van der Waals surface area contributed by atoms with Gasteiger partial charge in [-0.2, -0.15) is 5.10 Å². The number of ether oxygens (including phenoxy) is 1. The second kappa shape index (κ2) is 8.16. The number of pyridine rings is 1. The maximum Gasteiger partial charge on any atom is 0.138 e. The lowest BCUT2D eigenvalue weighted by atomic mass is 9.84. The van der Waals surface area contributed by atoms with Gasteiger partial charge in [0.1, 0.15) is 11.5 Å². The van der Waals surface area contributed by atoms with Crippen molar-refractivity contribution >= 4 is 21.6 Å². The first-order valence-electron chi connectivity index (χ1n) is 10.3. The summed E-state index contributed by atoms with van der Waals surface area (Å²) in [6, 6.07) is 7.87. The number of aliphatic hydroxyl groups excluding tert-OH is 1. The molecular formula is C23H24N4O2S. The SMILES string of the molecule is Cn1cc(-c2cnccc2Oc2ccc3nc(C[C@@H]4CCCC[C@H]4O)sc3c2)cn1. The molecule has 0 spiro atoms. The van der Waals surface area contributed by atoms with Crippen molar-refractivity contribution in [2.24, 2.45) is 13.0 Å². The zero-order valence-corrected chi connectivity index (χ0v) is 17.7. The molecule has 3 heterocycles. The fourth-order valence-corrected chi connectivity index (χ4v) is 5.22. The molecule has 0 unspecified atom stereocenters. The van der Waals surface area contributed by atoms with Crippen molar-refractivity contribution < 1.29 is 9.84 Å². The van der Waals surface area contributed by atoms with E-state index >= 15 is 0 Å². The molecule has 0 saturated heterocycles. The van der Waals surface area contributed by atoms with Gasteiger partial charge in [0.15, 0.2) is 0 Å². The maximum absolute atomic E-state index is 10.3. The molecule has 1 fully saturated rings. The van der Waals surface area contributed by atoms with E-state index in [9.17, 15) is 5.11 Å².